The van der Waals surface area contributed by atoms with Crippen molar-refractivity contribution < 1.29 is 4.74 Å². The predicted octanol–water partition coefficient (Wildman–Crippen LogP) is 1.51. The third kappa shape index (κ3) is 2.48. The van der Waals surface area contributed by atoms with Crippen molar-refractivity contribution in [3.05, 3.63) is 11.4 Å². The Morgan fingerprint density at radius 3 is 2.64 bits per heavy atom. The zero-order chi connectivity index (χ0) is 10.6. The largest absolute Gasteiger partial charge is 0.396 e. The molecule has 4 nitrogen and oxygen atoms in total. The molecular formula is C10H19N3O. The fourth-order valence-corrected chi connectivity index (χ4v) is 1.39. The second-order valence-corrected chi connectivity index (χ2v) is 3.36. The van der Waals surface area contributed by atoms with Crippen molar-refractivity contribution in [3.63, 3.8) is 0 Å². The predicted molar refractivity (Wildman–Crippen MR) is 57.2 cm³/mol. The average molecular weight is 197 g/mol. The van der Waals surface area contributed by atoms with Crippen LogP contribution in [0.5, 0.6) is 0 Å². The number of aryl methyl sites for hydroxylation is 2. The summed E-state index contributed by atoms with van der Waals surface area (Å²) in [6, 6.07) is 0. The van der Waals surface area contributed by atoms with Crippen LogP contribution in [0, 0.1) is 13.8 Å². The Kier molecular flexibility index (Phi) is 3.95. The van der Waals surface area contributed by atoms with Gasteiger partial charge in [-0.25, -0.2) is 0 Å². The monoisotopic (exact) mass is 197 g/mol. The molecule has 0 spiro atoms. The van der Waals surface area contributed by atoms with Crippen LogP contribution < -0.4 is 5.73 Å². The Bertz CT molecular complexity index is 294. The number of anilines is 1. The van der Waals surface area contributed by atoms with E-state index in [0.29, 0.717) is 0 Å². The van der Waals surface area contributed by atoms with E-state index in [1.165, 1.54) is 0 Å². The molecule has 0 aliphatic heterocycles. The molecule has 0 unspecified atom stereocenters. The smallest absolute Gasteiger partial charge is 0.0825 e. The summed E-state index contributed by atoms with van der Waals surface area (Å²) in [5, 5.41) is 4.34. The van der Waals surface area contributed by atoms with Crippen molar-refractivity contribution in [1.82, 2.24) is 9.78 Å². The summed E-state index contributed by atoms with van der Waals surface area (Å²) in [5.74, 6) is 0. The van der Waals surface area contributed by atoms with E-state index in [9.17, 15) is 0 Å². The molecule has 0 amide bonds. The highest BCUT2D eigenvalue weighted by Crippen LogP contribution is 2.14. The van der Waals surface area contributed by atoms with E-state index in [1.54, 1.807) is 0 Å². The van der Waals surface area contributed by atoms with Gasteiger partial charge in [-0.3, -0.25) is 4.68 Å². The first-order chi connectivity index (χ1) is 6.66. The van der Waals surface area contributed by atoms with Gasteiger partial charge in [0, 0.05) is 19.8 Å². The number of ether oxygens (including phenoxy) is 1. The molecule has 0 bridgehead atoms. The summed E-state index contributed by atoms with van der Waals surface area (Å²) in [5.41, 5.74) is 8.60. The van der Waals surface area contributed by atoms with Crippen molar-refractivity contribution in [2.75, 3.05) is 18.9 Å². The van der Waals surface area contributed by atoms with Crippen LogP contribution >= 0.6 is 0 Å². The Hall–Kier alpha value is -1.03. The molecule has 1 heterocycles. The van der Waals surface area contributed by atoms with Gasteiger partial charge in [0.25, 0.3) is 0 Å². The van der Waals surface area contributed by atoms with Crippen LogP contribution in [0.4, 0.5) is 5.69 Å². The van der Waals surface area contributed by atoms with Gasteiger partial charge in [-0.05, 0) is 27.2 Å². The van der Waals surface area contributed by atoms with Gasteiger partial charge < -0.3 is 10.5 Å². The lowest BCUT2D eigenvalue weighted by Crippen LogP contribution is -2.06. The van der Waals surface area contributed by atoms with E-state index in [1.807, 2.05) is 25.5 Å². The lowest BCUT2D eigenvalue weighted by molar-refractivity contribution is 0.140. The Balaban J connectivity index is 2.47. The van der Waals surface area contributed by atoms with Crippen LogP contribution in [0.1, 0.15) is 24.7 Å². The molecule has 80 valence electrons. The molecule has 0 saturated heterocycles. The number of nitrogens with two attached hydrogens (primary N) is 1. The van der Waals surface area contributed by atoms with Gasteiger partial charge in [-0.15, -0.1) is 0 Å². The van der Waals surface area contributed by atoms with E-state index in [-0.39, 0.29) is 0 Å². The first-order valence-corrected chi connectivity index (χ1v) is 5.04. The fraction of sp³-hybridized carbons (Fsp3) is 0.700. The summed E-state index contributed by atoms with van der Waals surface area (Å²) in [6.45, 7) is 8.37. The maximum Gasteiger partial charge on any atom is 0.0825 e. The lowest BCUT2D eigenvalue weighted by Gasteiger charge is -2.04. The van der Waals surface area contributed by atoms with Crippen molar-refractivity contribution >= 4 is 5.69 Å². The van der Waals surface area contributed by atoms with Gasteiger partial charge in [0.15, 0.2) is 0 Å². The number of nitrogen functional groups attached to an aromatic ring is 1. The Labute approximate surface area is 85.0 Å². The maximum absolute atomic E-state index is 5.82. The minimum Gasteiger partial charge on any atom is -0.396 e. The highest BCUT2D eigenvalue weighted by molar-refractivity contribution is 5.46. The number of rotatable bonds is 5. The topological polar surface area (TPSA) is 53.1 Å². The molecule has 14 heavy (non-hydrogen) atoms. The van der Waals surface area contributed by atoms with E-state index in [2.05, 4.69) is 5.10 Å². The zero-order valence-electron chi connectivity index (χ0n) is 9.21. The van der Waals surface area contributed by atoms with Crippen LogP contribution in [-0.2, 0) is 11.3 Å². The molecule has 0 saturated carbocycles. The molecule has 4 heteroatoms. The number of hydrogen-bond acceptors (Lipinski definition) is 3. The summed E-state index contributed by atoms with van der Waals surface area (Å²) in [6.07, 6.45) is 0.981. The molecule has 0 aromatic carbocycles. The van der Waals surface area contributed by atoms with Crippen LogP contribution in [0.25, 0.3) is 0 Å². The molecule has 0 atom stereocenters. The molecule has 1 aromatic heterocycles. The van der Waals surface area contributed by atoms with Crippen molar-refractivity contribution in [2.24, 2.45) is 0 Å². The highest BCUT2D eigenvalue weighted by Gasteiger charge is 2.06. The second kappa shape index (κ2) is 5.00. The summed E-state index contributed by atoms with van der Waals surface area (Å²) in [4.78, 5) is 0. The molecule has 1 rings (SSSR count). The molecule has 0 aliphatic rings. The van der Waals surface area contributed by atoms with Gasteiger partial charge >= 0.3 is 0 Å². The number of aromatic nitrogens is 2. The van der Waals surface area contributed by atoms with Crippen molar-refractivity contribution in [1.29, 1.82) is 0 Å². The van der Waals surface area contributed by atoms with Crippen LogP contribution in [-0.4, -0.2) is 23.0 Å². The second-order valence-electron chi connectivity index (χ2n) is 3.36. The van der Waals surface area contributed by atoms with Crippen molar-refractivity contribution in [3.8, 4) is 0 Å². The van der Waals surface area contributed by atoms with E-state index in [0.717, 1.165) is 43.3 Å². The molecule has 0 aliphatic carbocycles. The molecule has 2 N–H and O–H groups in total. The molecule has 0 radical (unpaired) electrons. The van der Waals surface area contributed by atoms with E-state index >= 15 is 0 Å². The van der Waals surface area contributed by atoms with Gasteiger partial charge in [0.05, 0.1) is 17.1 Å². The van der Waals surface area contributed by atoms with Crippen molar-refractivity contribution in [2.45, 2.75) is 33.7 Å². The van der Waals surface area contributed by atoms with Gasteiger partial charge in [-0.1, -0.05) is 0 Å². The summed E-state index contributed by atoms with van der Waals surface area (Å²) >= 11 is 0. The van der Waals surface area contributed by atoms with Crippen LogP contribution in [0.15, 0.2) is 0 Å². The third-order valence-electron chi connectivity index (χ3n) is 2.30. The third-order valence-corrected chi connectivity index (χ3v) is 2.30. The quantitative estimate of drug-likeness (QED) is 0.728. The fourth-order valence-electron chi connectivity index (χ4n) is 1.39. The van der Waals surface area contributed by atoms with Gasteiger partial charge in [-0.2, -0.15) is 5.10 Å². The maximum atomic E-state index is 5.82. The molecular weight excluding hydrogens is 178 g/mol. The standard InChI is InChI=1S/C10H19N3O/c1-4-14-7-5-6-13-9(3)10(11)8(2)12-13/h4-7,11H2,1-3H3. The van der Waals surface area contributed by atoms with E-state index in [4.69, 9.17) is 10.5 Å². The summed E-state index contributed by atoms with van der Waals surface area (Å²) < 4.78 is 7.21. The first-order valence-electron chi connectivity index (χ1n) is 5.04. The SMILES string of the molecule is CCOCCCn1nc(C)c(N)c1C. The molecule has 1 aromatic rings. The van der Waals surface area contributed by atoms with Gasteiger partial charge in [0.1, 0.15) is 0 Å². The summed E-state index contributed by atoms with van der Waals surface area (Å²) in [7, 11) is 0. The molecule has 0 fully saturated rings. The Morgan fingerprint density at radius 1 is 1.43 bits per heavy atom. The highest BCUT2D eigenvalue weighted by atomic mass is 16.5. The van der Waals surface area contributed by atoms with Crippen LogP contribution in [0.2, 0.25) is 0 Å². The average Bonchev–Trinajstić information content (AvgIpc) is 2.41. The number of nitrogens with zero attached hydrogens (tertiary/aromatic N) is 2. The lowest BCUT2D eigenvalue weighted by atomic mass is 10.3. The van der Waals surface area contributed by atoms with Crippen LogP contribution in [0.3, 0.4) is 0 Å². The minimum absolute atomic E-state index is 0.777. The number of hydrogen-bond donors (Lipinski definition) is 1. The Morgan fingerprint density at radius 2 is 2.14 bits per heavy atom. The van der Waals surface area contributed by atoms with E-state index < -0.39 is 0 Å². The normalized spacial score (nSPS) is 10.8. The minimum atomic E-state index is 0.777. The zero-order valence-corrected chi connectivity index (χ0v) is 9.21. The van der Waals surface area contributed by atoms with Gasteiger partial charge in [0.2, 0.25) is 0 Å². The first kappa shape index (κ1) is 11.0.